The number of likely N-dealkylation sites (tertiary alicyclic amines) is 1. The van der Waals surface area contributed by atoms with Crippen molar-refractivity contribution in [1.82, 2.24) is 4.90 Å². The summed E-state index contributed by atoms with van der Waals surface area (Å²) in [6, 6.07) is 22.7. The number of ether oxygens (including phenoxy) is 2. The molecular formula is C25H25ClN2O3. The minimum atomic E-state index is 0.0498. The Hall–Kier alpha value is -3.18. The van der Waals surface area contributed by atoms with Crippen molar-refractivity contribution in [2.45, 2.75) is 18.9 Å². The summed E-state index contributed by atoms with van der Waals surface area (Å²) in [7, 11) is 1.64. The van der Waals surface area contributed by atoms with E-state index in [1.165, 1.54) is 0 Å². The van der Waals surface area contributed by atoms with Crippen LogP contribution in [0.2, 0.25) is 5.02 Å². The number of nitrogens with one attached hydrogen (secondary N) is 1. The molecule has 160 valence electrons. The summed E-state index contributed by atoms with van der Waals surface area (Å²) in [6.07, 6.45) is 1.72. The number of benzene rings is 3. The van der Waals surface area contributed by atoms with Crippen molar-refractivity contribution >= 4 is 28.9 Å². The Bertz CT molecular complexity index is 1010. The van der Waals surface area contributed by atoms with E-state index in [1.54, 1.807) is 7.11 Å². The molecule has 0 unspecified atom stereocenters. The lowest BCUT2D eigenvalue weighted by Crippen LogP contribution is -2.41. The maximum absolute atomic E-state index is 12.9. The van der Waals surface area contributed by atoms with Gasteiger partial charge in [-0.25, -0.2) is 0 Å². The van der Waals surface area contributed by atoms with Crippen molar-refractivity contribution in [2.75, 3.05) is 25.5 Å². The molecule has 1 heterocycles. The Morgan fingerprint density at radius 3 is 2.32 bits per heavy atom. The molecule has 0 bridgehead atoms. The van der Waals surface area contributed by atoms with Crippen LogP contribution in [-0.2, 0) is 0 Å². The van der Waals surface area contributed by atoms with Gasteiger partial charge in [0.15, 0.2) is 0 Å². The lowest BCUT2D eigenvalue weighted by atomic mass is 10.1. The molecule has 1 fully saturated rings. The van der Waals surface area contributed by atoms with Crippen molar-refractivity contribution in [3.63, 3.8) is 0 Å². The third-order valence-corrected chi connectivity index (χ3v) is 5.62. The number of hydrogen-bond acceptors (Lipinski definition) is 4. The predicted molar refractivity (Wildman–Crippen MR) is 124 cm³/mol. The van der Waals surface area contributed by atoms with Crippen LogP contribution in [0.1, 0.15) is 23.2 Å². The van der Waals surface area contributed by atoms with Gasteiger partial charge in [0.1, 0.15) is 17.6 Å². The van der Waals surface area contributed by atoms with E-state index in [2.05, 4.69) is 5.32 Å². The number of methoxy groups -OCH3 is 1. The molecule has 0 saturated carbocycles. The van der Waals surface area contributed by atoms with Gasteiger partial charge < -0.3 is 19.7 Å². The first-order valence-electron chi connectivity index (χ1n) is 10.3. The highest BCUT2D eigenvalue weighted by molar-refractivity contribution is 6.30. The first-order chi connectivity index (χ1) is 15.1. The normalized spacial score (nSPS) is 14.2. The van der Waals surface area contributed by atoms with E-state index < -0.39 is 0 Å². The highest BCUT2D eigenvalue weighted by Gasteiger charge is 2.24. The van der Waals surface area contributed by atoms with E-state index in [9.17, 15) is 4.79 Å². The number of halogens is 1. The zero-order valence-corrected chi connectivity index (χ0v) is 18.1. The summed E-state index contributed by atoms with van der Waals surface area (Å²) in [4.78, 5) is 14.8. The molecule has 0 atom stereocenters. The monoisotopic (exact) mass is 436 g/mol. The average molecular weight is 437 g/mol. The molecule has 1 amide bonds. The number of amides is 1. The molecule has 0 radical (unpaired) electrons. The molecule has 4 rings (SSSR count). The summed E-state index contributed by atoms with van der Waals surface area (Å²) in [6.45, 7) is 1.36. The topological polar surface area (TPSA) is 50.8 Å². The number of para-hydroxylation sites is 2. The number of rotatable bonds is 6. The fraction of sp³-hybridized carbons (Fsp3) is 0.240. The molecule has 1 aliphatic heterocycles. The van der Waals surface area contributed by atoms with Gasteiger partial charge in [-0.3, -0.25) is 4.79 Å². The van der Waals surface area contributed by atoms with Crippen molar-refractivity contribution < 1.29 is 14.3 Å². The van der Waals surface area contributed by atoms with E-state index >= 15 is 0 Å². The first kappa shape index (κ1) is 21.1. The van der Waals surface area contributed by atoms with E-state index in [1.807, 2.05) is 77.7 Å². The van der Waals surface area contributed by atoms with Gasteiger partial charge in [-0.1, -0.05) is 23.7 Å². The van der Waals surface area contributed by atoms with Crippen LogP contribution in [0.5, 0.6) is 11.5 Å². The van der Waals surface area contributed by atoms with Gasteiger partial charge in [0.05, 0.1) is 12.8 Å². The van der Waals surface area contributed by atoms with Gasteiger partial charge in [-0.05, 0) is 60.7 Å². The number of piperidine rings is 1. The summed E-state index contributed by atoms with van der Waals surface area (Å²) >= 11 is 5.92. The molecule has 5 nitrogen and oxygen atoms in total. The van der Waals surface area contributed by atoms with Crippen LogP contribution in [0.25, 0.3) is 0 Å². The van der Waals surface area contributed by atoms with E-state index in [0.717, 1.165) is 35.7 Å². The van der Waals surface area contributed by atoms with Gasteiger partial charge in [-0.15, -0.1) is 0 Å². The van der Waals surface area contributed by atoms with E-state index in [4.69, 9.17) is 21.1 Å². The minimum Gasteiger partial charge on any atom is -0.495 e. The van der Waals surface area contributed by atoms with Crippen LogP contribution >= 0.6 is 11.6 Å². The van der Waals surface area contributed by atoms with Crippen LogP contribution < -0.4 is 14.8 Å². The first-order valence-corrected chi connectivity index (χ1v) is 10.7. The number of nitrogens with zero attached hydrogens (tertiary/aromatic N) is 1. The third kappa shape index (κ3) is 5.30. The van der Waals surface area contributed by atoms with Crippen LogP contribution in [0.15, 0.2) is 72.8 Å². The predicted octanol–water partition coefficient (Wildman–Crippen LogP) is 5.78. The number of carbonyl (C=O) groups excluding carboxylic acids is 1. The van der Waals surface area contributed by atoms with Crippen molar-refractivity contribution in [3.05, 3.63) is 83.4 Å². The lowest BCUT2D eigenvalue weighted by molar-refractivity contribution is 0.0595. The fourth-order valence-corrected chi connectivity index (χ4v) is 3.79. The molecule has 6 heteroatoms. The van der Waals surface area contributed by atoms with Gasteiger partial charge in [0, 0.05) is 42.2 Å². The zero-order chi connectivity index (χ0) is 21.6. The van der Waals surface area contributed by atoms with Gasteiger partial charge in [0.25, 0.3) is 5.91 Å². The summed E-state index contributed by atoms with van der Waals surface area (Å²) in [5.41, 5.74) is 2.46. The molecule has 31 heavy (non-hydrogen) atoms. The number of hydrogen-bond donors (Lipinski definition) is 1. The summed E-state index contributed by atoms with van der Waals surface area (Å²) in [5, 5.41) is 4.02. The Labute approximate surface area is 187 Å². The average Bonchev–Trinajstić information content (AvgIpc) is 2.81. The molecule has 1 saturated heterocycles. The summed E-state index contributed by atoms with van der Waals surface area (Å²) < 4.78 is 11.4. The Kier molecular flexibility index (Phi) is 6.63. The van der Waals surface area contributed by atoms with Crippen molar-refractivity contribution in [1.29, 1.82) is 0 Å². The minimum absolute atomic E-state index is 0.0498. The molecule has 0 aliphatic carbocycles. The highest BCUT2D eigenvalue weighted by Crippen LogP contribution is 2.27. The largest absolute Gasteiger partial charge is 0.495 e. The van der Waals surface area contributed by atoms with E-state index in [-0.39, 0.29) is 12.0 Å². The number of carbonyl (C=O) groups is 1. The Balaban J connectivity index is 1.32. The van der Waals surface area contributed by atoms with Crippen LogP contribution in [0.4, 0.5) is 11.4 Å². The van der Waals surface area contributed by atoms with Crippen LogP contribution in [0, 0.1) is 0 Å². The lowest BCUT2D eigenvalue weighted by Gasteiger charge is -2.32. The van der Waals surface area contributed by atoms with Crippen LogP contribution in [-0.4, -0.2) is 37.1 Å². The van der Waals surface area contributed by atoms with E-state index in [0.29, 0.717) is 23.7 Å². The smallest absolute Gasteiger partial charge is 0.253 e. The maximum Gasteiger partial charge on any atom is 0.253 e. The van der Waals surface area contributed by atoms with Gasteiger partial charge in [-0.2, -0.15) is 0 Å². The number of anilines is 2. The standard InChI is InChI=1S/C25H25ClN2O3/c1-30-24-5-3-2-4-23(24)27-20-10-6-18(7-11-20)25(29)28-16-14-22(15-17-28)31-21-12-8-19(26)9-13-21/h2-13,22,27H,14-17H2,1H3. The molecular weight excluding hydrogens is 412 g/mol. The molecule has 0 spiro atoms. The maximum atomic E-state index is 12.9. The Morgan fingerprint density at radius 2 is 1.65 bits per heavy atom. The van der Waals surface area contributed by atoms with Gasteiger partial charge in [0.2, 0.25) is 0 Å². The molecule has 3 aromatic rings. The zero-order valence-electron chi connectivity index (χ0n) is 17.4. The highest BCUT2D eigenvalue weighted by atomic mass is 35.5. The molecule has 3 aromatic carbocycles. The molecule has 0 aromatic heterocycles. The van der Waals surface area contributed by atoms with Crippen molar-refractivity contribution in [2.24, 2.45) is 0 Å². The molecule has 1 N–H and O–H groups in total. The van der Waals surface area contributed by atoms with Gasteiger partial charge >= 0.3 is 0 Å². The second-order valence-corrected chi connectivity index (χ2v) is 7.90. The third-order valence-electron chi connectivity index (χ3n) is 5.36. The van der Waals surface area contributed by atoms with Crippen LogP contribution in [0.3, 0.4) is 0 Å². The SMILES string of the molecule is COc1ccccc1Nc1ccc(C(=O)N2CCC(Oc3ccc(Cl)cc3)CC2)cc1. The molecule has 1 aliphatic rings. The Morgan fingerprint density at radius 1 is 0.968 bits per heavy atom. The second-order valence-electron chi connectivity index (χ2n) is 7.47. The summed E-state index contributed by atoms with van der Waals surface area (Å²) in [5.74, 6) is 1.63. The quantitative estimate of drug-likeness (QED) is 0.532. The van der Waals surface area contributed by atoms with Crippen molar-refractivity contribution in [3.8, 4) is 11.5 Å². The second kappa shape index (κ2) is 9.75. The fourth-order valence-electron chi connectivity index (χ4n) is 3.66.